The van der Waals surface area contributed by atoms with E-state index in [1.807, 2.05) is 13.1 Å². The number of halogens is 6. The van der Waals surface area contributed by atoms with E-state index in [0.29, 0.717) is 17.8 Å². The van der Waals surface area contributed by atoms with Crippen molar-refractivity contribution < 1.29 is 35.9 Å². The lowest BCUT2D eigenvalue weighted by molar-refractivity contribution is -0.274. The van der Waals surface area contributed by atoms with Crippen LogP contribution in [0.25, 0.3) is 11.3 Å². The molecule has 0 aliphatic carbocycles. The first-order valence-corrected chi connectivity index (χ1v) is 14.0. The Labute approximate surface area is 250 Å². The number of nitrogens with zero attached hydrogens (tertiary/aromatic N) is 4. The molecule has 1 aromatic heterocycles. The van der Waals surface area contributed by atoms with Gasteiger partial charge in [-0.3, -0.25) is 9.78 Å². The van der Waals surface area contributed by atoms with Crippen LogP contribution in [0.5, 0.6) is 5.75 Å². The number of carbonyl (C=O) groups is 1. The molecule has 2 aromatic carbocycles. The molecule has 3 aromatic rings. The summed E-state index contributed by atoms with van der Waals surface area (Å²) in [5, 5.41) is 12.8. The van der Waals surface area contributed by atoms with Crippen molar-refractivity contribution in [2.45, 2.75) is 43.3 Å². The fourth-order valence-electron chi connectivity index (χ4n) is 5.96. The molecule has 2 saturated heterocycles. The largest absolute Gasteiger partial charge is 0.573 e. The van der Waals surface area contributed by atoms with E-state index in [1.165, 1.54) is 30.5 Å². The van der Waals surface area contributed by atoms with Gasteiger partial charge in [0.15, 0.2) is 0 Å². The van der Waals surface area contributed by atoms with Gasteiger partial charge >= 0.3 is 12.5 Å². The summed E-state index contributed by atoms with van der Waals surface area (Å²) in [6, 6.07) is 13.7. The van der Waals surface area contributed by atoms with E-state index in [2.05, 4.69) is 19.9 Å². The number of likely N-dealkylation sites (tertiary alicyclic amines) is 1. The van der Waals surface area contributed by atoms with Gasteiger partial charge in [0.05, 0.1) is 27.9 Å². The van der Waals surface area contributed by atoms with Gasteiger partial charge in [-0.15, -0.1) is 13.2 Å². The van der Waals surface area contributed by atoms with Crippen molar-refractivity contribution in [1.82, 2.24) is 15.2 Å². The Hall–Kier alpha value is -4.31. The Bertz CT molecular complexity index is 1540. The van der Waals surface area contributed by atoms with E-state index in [1.54, 1.807) is 23.1 Å². The number of likely N-dealkylation sites (N-methyl/N-ethyl adjacent to an activating group) is 1. The fourth-order valence-corrected chi connectivity index (χ4v) is 5.96. The maximum absolute atomic E-state index is 14.0. The number of anilines is 1. The number of alkyl halides is 6. The highest BCUT2D eigenvalue weighted by atomic mass is 19.4. The summed E-state index contributed by atoms with van der Waals surface area (Å²) in [7, 11) is 1.96. The average molecular weight is 618 g/mol. The zero-order valence-corrected chi connectivity index (χ0v) is 23.7. The smallest absolute Gasteiger partial charge is 0.405 e. The van der Waals surface area contributed by atoms with Crippen molar-refractivity contribution in [2.75, 3.05) is 38.1 Å². The molecule has 232 valence electrons. The second kappa shape index (κ2) is 12.0. The van der Waals surface area contributed by atoms with Gasteiger partial charge in [0, 0.05) is 37.4 Å². The zero-order valence-electron chi connectivity index (χ0n) is 23.7. The topological polar surface area (TPSA) is 81.5 Å². The molecule has 1 amide bonds. The Balaban J connectivity index is 1.44. The number of pyridine rings is 1. The van der Waals surface area contributed by atoms with Crippen LogP contribution in [0.3, 0.4) is 0 Å². The first-order valence-electron chi connectivity index (χ1n) is 14.0. The molecule has 0 radical (unpaired) electrons. The second-order valence-corrected chi connectivity index (χ2v) is 11.1. The molecule has 0 spiro atoms. The van der Waals surface area contributed by atoms with Crippen LogP contribution in [0.1, 0.15) is 36.0 Å². The van der Waals surface area contributed by atoms with E-state index in [9.17, 15) is 36.4 Å². The van der Waals surface area contributed by atoms with Gasteiger partial charge in [-0.1, -0.05) is 18.2 Å². The van der Waals surface area contributed by atoms with Crippen LogP contribution in [0.4, 0.5) is 32.0 Å². The summed E-state index contributed by atoms with van der Waals surface area (Å²) in [6.45, 7) is 2.04. The van der Waals surface area contributed by atoms with E-state index in [-0.39, 0.29) is 54.7 Å². The minimum atomic E-state index is -4.89. The minimum absolute atomic E-state index is 0.0684. The molecule has 0 unspecified atom stereocenters. The van der Waals surface area contributed by atoms with Crippen molar-refractivity contribution in [1.29, 1.82) is 5.26 Å². The third kappa shape index (κ3) is 6.60. The Morgan fingerprint density at radius 1 is 1.05 bits per heavy atom. The van der Waals surface area contributed by atoms with Gasteiger partial charge in [0.1, 0.15) is 11.8 Å². The van der Waals surface area contributed by atoms with Crippen molar-refractivity contribution in [3.8, 4) is 23.1 Å². The van der Waals surface area contributed by atoms with Crippen LogP contribution in [-0.2, 0) is 16.4 Å². The highest BCUT2D eigenvalue weighted by Gasteiger charge is 2.45. The van der Waals surface area contributed by atoms with Crippen LogP contribution >= 0.6 is 0 Å². The molecule has 3 heterocycles. The van der Waals surface area contributed by atoms with Gasteiger partial charge in [0.25, 0.3) is 0 Å². The van der Waals surface area contributed by atoms with Crippen LogP contribution in [0.15, 0.2) is 60.8 Å². The SMILES string of the molecule is CN1CC[C@@H](NC(=O)C2(c3ccc(-c4ccccc4OC(F)(F)F)nc3)CCN(c3ccc(C(F)(F)F)cc3C#N)CC2)C1. The molecule has 1 atom stereocenters. The number of nitrogens with one attached hydrogen (secondary N) is 1. The van der Waals surface area contributed by atoms with Gasteiger partial charge in [-0.2, -0.15) is 18.4 Å². The standard InChI is InChI=1S/C31H29F6N5O2/c1-41-13-10-23(19-41)40-28(43)29(11-14-42(15-12-29)26-9-7-21(30(32,33)34)16-20(26)17-38)22-6-8-25(39-18-22)24-4-2-3-5-27(24)44-31(35,36)37/h2-9,16,18,23H,10-15,19H2,1H3,(H,40,43)/t23-/m1/s1. The Morgan fingerprint density at radius 3 is 2.36 bits per heavy atom. The lowest BCUT2D eigenvalue weighted by Gasteiger charge is -2.42. The molecule has 2 aliphatic rings. The molecule has 2 fully saturated rings. The van der Waals surface area contributed by atoms with Crippen LogP contribution < -0.4 is 15.0 Å². The molecule has 0 saturated carbocycles. The summed E-state index contributed by atoms with van der Waals surface area (Å²) < 4.78 is 82.9. The Morgan fingerprint density at radius 2 is 1.77 bits per heavy atom. The van der Waals surface area contributed by atoms with Gasteiger partial charge in [0.2, 0.25) is 5.91 Å². The number of aromatic nitrogens is 1. The number of piperidine rings is 1. The summed E-state index contributed by atoms with van der Waals surface area (Å²) in [5.74, 6) is -0.628. The summed E-state index contributed by atoms with van der Waals surface area (Å²) in [5.41, 5.74) is -0.833. The van der Waals surface area contributed by atoms with E-state index in [0.717, 1.165) is 25.1 Å². The third-order valence-corrected chi connectivity index (χ3v) is 8.27. The molecule has 7 nitrogen and oxygen atoms in total. The number of hydrogen-bond donors (Lipinski definition) is 1. The van der Waals surface area contributed by atoms with E-state index in [4.69, 9.17) is 0 Å². The first-order chi connectivity index (χ1) is 20.8. The van der Waals surface area contributed by atoms with E-state index >= 15 is 0 Å². The lowest BCUT2D eigenvalue weighted by Crippen LogP contribution is -2.54. The fraction of sp³-hybridized carbons (Fsp3) is 0.387. The monoisotopic (exact) mass is 617 g/mol. The van der Waals surface area contributed by atoms with Gasteiger partial charge < -0.3 is 19.9 Å². The third-order valence-electron chi connectivity index (χ3n) is 8.27. The first kappa shape index (κ1) is 31.1. The highest BCUT2D eigenvalue weighted by Crippen LogP contribution is 2.40. The van der Waals surface area contributed by atoms with Crippen LogP contribution in [0, 0.1) is 11.3 Å². The number of hydrogen-bond acceptors (Lipinski definition) is 6. The van der Waals surface area contributed by atoms with Gasteiger partial charge in [-0.25, -0.2) is 0 Å². The molecule has 5 rings (SSSR count). The number of benzene rings is 2. The number of carbonyl (C=O) groups excluding carboxylic acids is 1. The molecule has 13 heteroatoms. The Kier molecular flexibility index (Phi) is 8.49. The van der Waals surface area contributed by atoms with Crippen molar-refractivity contribution in [2.24, 2.45) is 0 Å². The summed E-state index contributed by atoms with van der Waals surface area (Å²) in [4.78, 5) is 22.3. The average Bonchev–Trinajstić information content (AvgIpc) is 3.40. The molecule has 1 N–H and O–H groups in total. The van der Waals surface area contributed by atoms with Crippen LogP contribution in [-0.4, -0.2) is 61.4 Å². The predicted molar refractivity (Wildman–Crippen MR) is 150 cm³/mol. The second-order valence-electron chi connectivity index (χ2n) is 11.1. The molecular weight excluding hydrogens is 588 g/mol. The number of rotatable bonds is 6. The molecule has 0 bridgehead atoms. The highest BCUT2D eigenvalue weighted by molar-refractivity contribution is 5.89. The molecule has 44 heavy (non-hydrogen) atoms. The zero-order chi connectivity index (χ0) is 31.7. The number of amides is 1. The number of ether oxygens (including phenoxy) is 1. The van der Waals surface area contributed by atoms with Crippen molar-refractivity contribution >= 4 is 11.6 Å². The van der Waals surface area contributed by atoms with Crippen LogP contribution in [0.2, 0.25) is 0 Å². The minimum Gasteiger partial charge on any atom is -0.405 e. The van der Waals surface area contributed by atoms with E-state index < -0.39 is 29.3 Å². The quantitative estimate of drug-likeness (QED) is 0.347. The van der Waals surface area contributed by atoms with Crippen molar-refractivity contribution in [3.63, 3.8) is 0 Å². The maximum Gasteiger partial charge on any atom is 0.573 e. The predicted octanol–water partition coefficient (Wildman–Crippen LogP) is 5.90. The number of para-hydroxylation sites is 1. The number of nitriles is 1. The normalized spacial score (nSPS) is 19.0. The maximum atomic E-state index is 14.0. The molecule has 2 aliphatic heterocycles. The van der Waals surface area contributed by atoms with Crippen molar-refractivity contribution in [3.05, 3.63) is 77.5 Å². The molecular formula is C31H29F6N5O2. The van der Waals surface area contributed by atoms with Gasteiger partial charge in [-0.05, 0) is 74.8 Å². The lowest BCUT2D eigenvalue weighted by atomic mass is 9.72. The summed E-state index contributed by atoms with van der Waals surface area (Å²) in [6.07, 6.45) is -6.70. The summed E-state index contributed by atoms with van der Waals surface area (Å²) >= 11 is 0.